The first-order valence-electron chi connectivity index (χ1n) is 10.4. The lowest BCUT2D eigenvalue weighted by Gasteiger charge is -2.15. The predicted molar refractivity (Wildman–Crippen MR) is 130 cm³/mol. The van der Waals surface area contributed by atoms with Gasteiger partial charge in [-0.05, 0) is 42.3 Å². The molecule has 34 heavy (non-hydrogen) atoms. The van der Waals surface area contributed by atoms with Gasteiger partial charge in [0.25, 0.3) is 11.5 Å². The highest BCUT2D eigenvalue weighted by atomic mass is 32.1. The van der Waals surface area contributed by atoms with E-state index in [0.717, 1.165) is 11.1 Å². The molecule has 1 amide bonds. The maximum atomic E-state index is 13.4. The number of carbonyl (C=O) groups excluding carboxylic acids is 1. The van der Waals surface area contributed by atoms with Gasteiger partial charge >= 0.3 is 0 Å². The molecule has 10 heteroatoms. The summed E-state index contributed by atoms with van der Waals surface area (Å²) in [5, 5.41) is 14.0. The summed E-state index contributed by atoms with van der Waals surface area (Å²) in [6.45, 7) is 2.12. The van der Waals surface area contributed by atoms with E-state index < -0.39 is 5.91 Å². The third-order valence-corrected chi connectivity index (χ3v) is 6.22. The average Bonchev–Trinajstić information content (AvgIpc) is 3.35. The lowest BCUT2D eigenvalue weighted by Crippen LogP contribution is -2.32. The van der Waals surface area contributed by atoms with Gasteiger partial charge in [0.1, 0.15) is 22.5 Å². The second-order valence-corrected chi connectivity index (χ2v) is 8.57. The van der Waals surface area contributed by atoms with Gasteiger partial charge in [-0.3, -0.25) is 24.7 Å². The molecule has 5 aromatic rings. The van der Waals surface area contributed by atoms with E-state index in [1.807, 2.05) is 37.3 Å². The molecule has 0 unspecified atom stereocenters. The van der Waals surface area contributed by atoms with Crippen LogP contribution in [0.25, 0.3) is 16.7 Å². The number of anilines is 1. The minimum atomic E-state index is -0.515. The van der Waals surface area contributed by atoms with Crippen LogP contribution in [0.3, 0.4) is 0 Å². The van der Waals surface area contributed by atoms with Crippen LogP contribution in [0.15, 0.2) is 65.0 Å². The number of carbonyl (C=O) groups is 1. The Morgan fingerprint density at radius 2 is 2.00 bits per heavy atom. The van der Waals surface area contributed by atoms with E-state index in [9.17, 15) is 9.59 Å². The second kappa shape index (κ2) is 8.56. The zero-order valence-electron chi connectivity index (χ0n) is 18.4. The highest BCUT2D eigenvalue weighted by Crippen LogP contribution is 2.17. The Balaban J connectivity index is 1.76. The molecular weight excluding hydrogens is 452 g/mol. The number of ether oxygens (including phenoxy) is 1. The number of hydrogen-bond donors (Lipinski definition) is 2. The van der Waals surface area contributed by atoms with Crippen LogP contribution < -0.4 is 21.1 Å². The van der Waals surface area contributed by atoms with Gasteiger partial charge in [-0.2, -0.15) is 0 Å². The van der Waals surface area contributed by atoms with Crippen LogP contribution >= 0.6 is 11.3 Å². The molecule has 170 valence electrons. The van der Waals surface area contributed by atoms with Gasteiger partial charge in [-0.25, -0.2) is 9.97 Å². The number of methoxy groups -OCH3 is 1. The maximum Gasteiger partial charge on any atom is 0.267 e. The number of benzene rings is 1. The number of aryl methyl sites for hydroxylation is 1. The Bertz CT molecular complexity index is 1650. The highest BCUT2D eigenvalue weighted by Gasteiger charge is 2.19. The summed E-state index contributed by atoms with van der Waals surface area (Å²) in [5.74, 6) is 0.193. The first-order valence-corrected chi connectivity index (χ1v) is 11.3. The van der Waals surface area contributed by atoms with Crippen molar-refractivity contribution in [1.82, 2.24) is 18.9 Å². The Morgan fingerprint density at radius 3 is 2.71 bits per heavy atom. The summed E-state index contributed by atoms with van der Waals surface area (Å²) in [5.41, 5.74) is 2.23. The molecule has 1 aromatic carbocycles. The topological polar surface area (TPSA) is 114 Å². The second-order valence-electron chi connectivity index (χ2n) is 7.67. The summed E-state index contributed by atoms with van der Waals surface area (Å²) < 4.78 is 8.28. The predicted octanol–water partition coefficient (Wildman–Crippen LogP) is 3.20. The number of aromatic nitrogens is 4. The molecule has 0 spiro atoms. The summed E-state index contributed by atoms with van der Waals surface area (Å²) in [7, 11) is 1.59. The van der Waals surface area contributed by atoms with Crippen molar-refractivity contribution in [2.45, 2.75) is 13.5 Å². The molecule has 0 fully saturated rings. The third kappa shape index (κ3) is 3.73. The van der Waals surface area contributed by atoms with Crippen molar-refractivity contribution < 1.29 is 9.53 Å². The molecule has 0 saturated heterocycles. The number of nitrogens with one attached hydrogen (secondary N) is 2. The SMILES string of the molecule is COc1ccc(Cn2c(=N)c(C(=O)Nc3nccs3)cc3c(=O)n4cccc(C)c4nc32)cc1. The fraction of sp³-hybridized carbons (Fsp3) is 0.125. The van der Waals surface area contributed by atoms with Crippen molar-refractivity contribution >= 4 is 39.1 Å². The summed E-state index contributed by atoms with van der Waals surface area (Å²) in [4.78, 5) is 35.3. The zero-order chi connectivity index (χ0) is 23.8. The van der Waals surface area contributed by atoms with Gasteiger partial charge < -0.3 is 9.30 Å². The van der Waals surface area contributed by atoms with E-state index >= 15 is 0 Å². The van der Waals surface area contributed by atoms with Crippen molar-refractivity contribution in [3.05, 3.63) is 92.8 Å². The number of hydrogen-bond acceptors (Lipinski definition) is 7. The highest BCUT2D eigenvalue weighted by molar-refractivity contribution is 7.13. The molecule has 0 aliphatic heterocycles. The molecule has 0 bridgehead atoms. The third-order valence-electron chi connectivity index (χ3n) is 5.53. The quantitative estimate of drug-likeness (QED) is 0.381. The van der Waals surface area contributed by atoms with E-state index in [2.05, 4.69) is 10.3 Å². The minimum Gasteiger partial charge on any atom is -0.497 e. The molecular formula is C24H20N6O3S. The van der Waals surface area contributed by atoms with Gasteiger partial charge in [0.2, 0.25) is 0 Å². The molecule has 0 aliphatic carbocycles. The Morgan fingerprint density at radius 1 is 1.21 bits per heavy atom. The Kier molecular flexibility index (Phi) is 5.42. The molecule has 0 atom stereocenters. The van der Waals surface area contributed by atoms with Crippen LogP contribution in [0.2, 0.25) is 0 Å². The normalized spacial score (nSPS) is 11.1. The van der Waals surface area contributed by atoms with E-state index in [1.54, 1.807) is 35.5 Å². The standard InChI is InChI=1S/C24H20N6O3S/c1-14-4-3-10-29-20(14)27-21-18(23(29)32)12-17(22(31)28-24-26-9-11-34-24)19(25)30(21)13-15-5-7-16(33-2)8-6-15/h3-12,25H,13H2,1-2H3,(H,26,28,31). The van der Waals surface area contributed by atoms with E-state index in [1.165, 1.54) is 21.8 Å². The Hall–Kier alpha value is -4.31. The van der Waals surface area contributed by atoms with Crippen LogP contribution in [0.4, 0.5) is 5.13 Å². The number of thiazole rings is 1. The van der Waals surface area contributed by atoms with Gasteiger partial charge in [0.15, 0.2) is 5.13 Å². The van der Waals surface area contributed by atoms with Crippen molar-refractivity contribution in [2.24, 2.45) is 0 Å². The number of rotatable bonds is 5. The largest absolute Gasteiger partial charge is 0.497 e. The number of amides is 1. The molecule has 4 aromatic heterocycles. The van der Waals surface area contributed by atoms with Gasteiger partial charge in [-0.15, -0.1) is 11.3 Å². The van der Waals surface area contributed by atoms with Gasteiger partial charge in [0, 0.05) is 17.8 Å². The fourth-order valence-electron chi connectivity index (χ4n) is 3.79. The van der Waals surface area contributed by atoms with E-state index in [0.29, 0.717) is 22.2 Å². The molecule has 0 saturated carbocycles. The summed E-state index contributed by atoms with van der Waals surface area (Å²) >= 11 is 1.27. The van der Waals surface area contributed by atoms with Crippen molar-refractivity contribution in [1.29, 1.82) is 5.41 Å². The lowest BCUT2D eigenvalue weighted by atomic mass is 10.1. The first kappa shape index (κ1) is 21.5. The fourth-order valence-corrected chi connectivity index (χ4v) is 4.31. The molecule has 5 rings (SSSR count). The van der Waals surface area contributed by atoms with Crippen molar-refractivity contribution in [2.75, 3.05) is 12.4 Å². The minimum absolute atomic E-state index is 0.0535. The number of pyridine rings is 2. The Labute approximate surface area is 197 Å². The van der Waals surface area contributed by atoms with Gasteiger partial charge in [-0.1, -0.05) is 18.2 Å². The maximum absolute atomic E-state index is 13.4. The molecule has 0 aliphatic rings. The van der Waals surface area contributed by atoms with Crippen LogP contribution in [-0.2, 0) is 6.54 Å². The summed E-state index contributed by atoms with van der Waals surface area (Å²) in [6, 6.07) is 12.5. The van der Waals surface area contributed by atoms with E-state index in [-0.39, 0.29) is 28.5 Å². The smallest absolute Gasteiger partial charge is 0.267 e. The van der Waals surface area contributed by atoms with Crippen molar-refractivity contribution in [3.63, 3.8) is 0 Å². The summed E-state index contributed by atoms with van der Waals surface area (Å²) in [6.07, 6.45) is 3.23. The number of nitrogens with zero attached hydrogens (tertiary/aromatic N) is 4. The first-order chi connectivity index (χ1) is 16.5. The zero-order valence-corrected chi connectivity index (χ0v) is 19.2. The molecule has 0 radical (unpaired) electrons. The van der Waals surface area contributed by atoms with Crippen LogP contribution in [0, 0.1) is 12.3 Å². The van der Waals surface area contributed by atoms with Crippen molar-refractivity contribution in [3.8, 4) is 5.75 Å². The number of fused-ring (bicyclic) bond motifs is 2. The lowest BCUT2D eigenvalue weighted by molar-refractivity contribution is 0.102. The molecule has 9 nitrogen and oxygen atoms in total. The molecule has 4 heterocycles. The van der Waals surface area contributed by atoms with Gasteiger partial charge in [0.05, 0.1) is 24.6 Å². The monoisotopic (exact) mass is 472 g/mol. The molecule has 2 N–H and O–H groups in total. The van der Waals surface area contributed by atoms with Crippen LogP contribution in [0.1, 0.15) is 21.5 Å². The van der Waals surface area contributed by atoms with Crippen LogP contribution in [-0.4, -0.2) is 32.0 Å². The van der Waals surface area contributed by atoms with Crippen LogP contribution in [0.5, 0.6) is 5.75 Å². The average molecular weight is 473 g/mol. The van der Waals surface area contributed by atoms with E-state index in [4.69, 9.17) is 15.1 Å².